The lowest BCUT2D eigenvalue weighted by atomic mass is 10.1. The summed E-state index contributed by atoms with van der Waals surface area (Å²) in [6.45, 7) is 0.463. The molecule has 0 spiro atoms. The van der Waals surface area contributed by atoms with Crippen molar-refractivity contribution in [3.63, 3.8) is 0 Å². The number of aliphatic carboxylic acids is 1. The fourth-order valence-corrected chi connectivity index (χ4v) is 1.84. The maximum absolute atomic E-state index is 10.7. The first-order valence-corrected chi connectivity index (χ1v) is 6.07. The zero-order valence-corrected chi connectivity index (χ0v) is 10.8. The van der Waals surface area contributed by atoms with Gasteiger partial charge in [0, 0.05) is 18.2 Å². The summed E-state index contributed by atoms with van der Waals surface area (Å²) in [6.07, 6.45) is 5.23. The molecule has 1 N–H and O–H groups in total. The van der Waals surface area contributed by atoms with Crippen LogP contribution in [0.1, 0.15) is 5.69 Å². The molecule has 0 fully saturated rings. The number of hydrogen-bond acceptors (Lipinski definition) is 4. The summed E-state index contributed by atoms with van der Waals surface area (Å²) >= 11 is 0. The minimum atomic E-state index is -0.924. The molecule has 5 heteroatoms. The number of aromatic nitrogens is 1. The molecule has 2 aromatic rings. The number of nitrogens with zero attached hydrogens (tertiary/aromatic N) is 2. The number of hydrogen-bond donors (Lipinski definition) is 1. The predicted molar refractivity (Wildman–Crippen MR) is 73.7 cm³/mol. The van der Waals surface area contributed by atoms with Gasteiger partial charge in [0.05, 0.1) is 18.8 Å². The van der Waals surface area contributed by atoms with Gasteiger partial charge in [-0.2, -0.15) is 0 Å². The van der Waals surface area contributed by atoms with Crippen LogP contribution in [0.5, 0.6) is 0 Å². The average Bonchev–Trinajstić information content (AvgIpc) is 2.88. The summed E-state index contributed by atoms with van der Waals surface area (Å²) in [5.41, 5.74) is 1.58. The Morgan fingerprint density at radius 3 is 2.80 bits per heavy atom. The number of carboxylic acid groups (broad SMARTS) is 1. The van der Waals surface area contributed by atoms with E-state index in [9.17, 15) is 4.79 Å². The van der Waals surface area contributed by atoms with Crippen molar-refractivity contribution in [2.75, 3.05) is 13.1 Å². The molecule has 0 aliphatic heterocycles. The smallest absolute Gasteiger partial charge is 0.317 e. The number of terminal acetylenes is 1. The predicted octanol–water partition coefficient (Wildman–Crippen LogP) is 1.86. The van der Waals surface area contributed by atoms with E-state index in [0.717, 1.165) is 5.56 Å². The lowest BCUT2D eigenvalue weighted by molar-refractivity contribution is -0.138. The van der Waals surface area contributed by atoms with Gasteiger partial charge in [0.1, 0.15) is 0 Å². The number of benzene rings is 1. The normalized spacial score (nSPS) is 10.4. The van der Waals surface area contributed by atoms with Crippen LogP contribution in [0.4, 0.5) is 0 Å². The Hall–Kier alpha value is -2.58. The molecule has 2 rings (SSSR count). The van der Waals surface area contributed by atoms with E-state index < -0.39 is 5.97 Å². The molecule has 0 aliphatic rings. The summed E-state index contributed by atoms with van der Waals surface area (Å²) < 4.78 is 5.26. The number of carbonyl (C=O) groups is 1. The van der Waals surface area contributed by atoms with Crippen molar-refractivity contribution < 1.29 is 14.4 Å². The Morgan fingerprint density at radius 2 is 2.15 bits per heavy atom. The standard InChI is InChI=1S/C15H14N2O3/c1-2-8-17(11-15(18)19)10-13-9-14(20-16-13)12-6-4-3-5-7-12/h1,3-7,9H,8,10-11H2,(H,18,19). The van der Waals surface area contributed by atoms with Crippen LogP contribution in [-0.2, 0) is 11.3 Å². The van der Waals surface area contributed by atoms with Crippen molar-refractivity contribution in [1.29, 1.82) is 0 Å². The molecule has 102 valence electrons. The first kappa shape index (κ1) is 13.8. The molecule has 1 aromatic heterocycles. The van der Waals surface area contributed by atoms with E-state index in [0.29, 0.717) is 18.0 Å². The van der Waals surface area contributed by atoms with Crippen LogP contribution in [0.15, 0.2) is 40.9 Å². The fraction of sp³-hybridized carbons (Fsp3) is 0.200. The van der Waals surface area contributed by atoms with Crippen molar-refractivity contribution in [1.82, 2.24) is 10.1 Å². The van der Waals surface area contributed by atoms with E-state index in [2.05, 4.69) is 11.1 Å². The molecule has 0 aliphatic carbocycles. The van der Waals surface area contributed by atoms with Gasteiger partial charge in [0.15, 0.2) is 5.76 Å². The second kappa shape index (κ2) is 6.55. The van der Waals surface area contributed by atoms with Crippen molar-refractivity contribution in [3.05, 3.63) is 42.1 Å². The van der Waals surface area contributed by atoms with Crippen LogP contribution in [-0.4, -0.2) is 34.2 Å². The number of rotatable bonds is 6. The van der Waals surface area contributed by atoms with Crippen LogP contribution in [0.25, 0.3) is 11.3 Å². The third-order valence-electron chi connectivity index (χ3n) is 2.68. The van der Waals surface area contributed by atoms with Gasteiger partial charge in [-0.05, 0) is 0 Å². The molecule has 20 heavy (non-hydrogen) atoms. The molecule has 1 heterocycles. The largest absolute Gasteiger partial charge is 0.480 e. The van der Waals surface area contributed by atoms with Gasteiger partial charge in [0.2, 0.25) is 0 Å². The van der Waals surface area contributed by atoms with Crippen LogP contribution in [0.3, 0.4) is 0 Å². The molecule has 0 radical (unpaired) electrons. The Bertz CT molecular complexity index is 614. The molecule has 1 aromatic carbocycles. The van der Waals surface area contributed by atoms with Crippen LogP contribution in [0.2, 0.25) is 0 Å². The highest BCUT2D eigenvalue weighted by atomic mass is 16.5. The Labute approximate surface area is 116 Å². The SMILES string of the molecule is C#CCN(CC(=O)O)Cc1cc(-c2ccccc2)on1. The second-order valence-corrected chi connectivity index (χ2v) is 4.29. The zero-order chi connectivity index (χ0) is 14.4. The maximum Gasteiger partial charge on any atom is 0.317 e. The molecular formula is C15H14N2O3. The lowest BCUT2D eigenvalue weighted by Gasteiger charge is -2.14. The monoisotopic (exact) mass is 270 g/mol. The molecule has 0 bridgehead atoms. The topological polar surface area (TPSA) is 66.6 Å². The summed E-state index contributed by atoms with van der Waals surface area (Å²) in [5, 5.41) is 12.8. The fourth-order valence-electron chi connectivity index (χ4n) is 1.84. The van der Waals surface area contributed by atoms with Crippen LogP contribution >= 0.6 is 0 Å². The van der Waals surface area contributed by atoms with E-state index in [1.165, 1.54) is 0 Å². The first-order valence-electron chi connectivity index (χ1n) is 6.07. The van der Waals surface area contributed by atoms with E-state index >= 15 is 0 Å². The molecule has 0 atom stereocenters. The first-order chi connectivity index (χ1) is 9.69. The van der Waals surface area contributed by atoms with Gasteiger partial charge in [0.25, 0.3) is 0 Å². The highest BCUT2D eigenvalue weighted by molar-refractivity contribution is 5.69. The highest BCUT2D eigenvalue weighted by Gasteiger charge is 2.13. The molecule has 0 saturated heterocycles. The Morgan fingerprint density at radius 1 is 1.40 bits per heavy atom. The van der Waals surface area contributed by atoms with E-state index in [-0.39, 0.29) is 13.1 Å². The van der Waals surface area contributed by atoms with Gasteiger partial charge < -0.3 is 9.63 Å². The molecular weight excluding hydrogens is 256 g/mol. The van der Waals surface area contributed by atoms with Crippen molar-refractivity contribution in [2.24, 2.45) is 0 Å². The van der Waals surface area contributed by atoms with Gasteiger partial charge >= 0.3 is 5.97 Å². The minimum Gasteiger partial charge on any atom is -0.480 e. The van der Waals surface area contributed by atoms with Crippen molar-refractivity contribution in [2.45, 2.75) is 6.54 Å². The average molecular weight is 270 g/mol. The highest BCUT2D eigenvalue weighted by Crippen LogP contribution is 2.20. The Kier molecular flexibility index (Phi) is 4.53. The second-order valence-electron chi connectivity index (χ2n) is 4.29. The van der Waals surface area contributed by atoms with Crippen LogP contribution in [0, 0.1) is 12.3 Å². The summed E-state index contributed by atoms with van der Waals surface area (Å²) in [4.78, 5) is 12.4. The zero-order valence-electron chi connectivity index (χ0n) is 10.8. The minimum absolute atomic E-state index is 0.127. The maximum atomic E-state index is 10.7. The molecule has 5 nitrogen and oxygen atoms in total. The molecule has 0 unspecified atom stereocenters. The van der Waals surface area contributed by atoms with Crippen LogP contribution < -0.4 is 0 Å². The third-order valence-corrected chi connectivity index (χ3v) is 2.68. The van der Waals surface area contributed by atoms with Gasteiger partial charge in [-0.1, -0.05) is 41.4 Å². The summed E-state index contributed by atoms with van der Waals surface area (Å²) in [6, 6.07) is 11.4. The quantitative estimate of drug-likeness (QED) is 0.811. The molecule has 0 saturated carbocycles. The van der Waals surface area contributed by atoms with Gasteiger partial charge in [-0.3, -0.25) is 9.69 Å². The Balaban J connectivity index is 2.08. The third kappa shape index (κ3) is 3.70. The summed E-state index contributed by atoms with van der Waals surface area (Å²) in [5.74, 6) is 2.16. The lowest BCUT2D eigenvalue weighted by Crippen LogP contribution is -2.29. The van der Waals surface area contributed by atoms with E-state index in [1.54, 1.807) is 11.0 Å². The van der Waals surface area contributed by atoms with E-state index in [1.807, 2.05) is 30.3 Å². The van der Waals surface area contributed by atoms with Gasteiger partial charge in [-0.15, -0.1) is 6.42 Å². The molecule has 0 amide bonds. The van der Waals surface area contributed by atoms with Crippen molar-refractivity contribution in [3.8, 4) is 23.7 Å². The number of carboxylic acids is 1. The van der Waals surface area contributed by atoms with E-state index in [4.69, 9.17) is 16.1 Å². The van der Waals surface area contributed by atoms with Gasteiger partial charge in [-0.25, -0.2) is 0 Å². The van der Waals surface area contributed by atoms with Crippen molar-refractivity contribution >= 4 is 5.97 Å². The summed E-state index contributed by atoms with van der Waals surface area (Å²) in [7, 11) is 0.